The zero-order chi connectivity index (χ0) is 15.8. The predicted octanol–water partition coefficient (Wildman–Crippen LogP) is 1.31. The van der Waals surface area contributed by atoms with Gasteiger partial charge in [0.15, 0.2) is 12.4 Å². The predicted molar refractivity (Wildman–Crippen MR) is 95.8 cm³/mol. The molecule has 124 valence electrons. The van der Waals surface area contributed by atoms with Gasteiger partial charge in [-0.2, -0.15) is 0 Å². The number of pyridine rings is 1. The summed E-state index contributed by atoms with van der Waals surface area (Å²) in [6.07, 6.45) is 10.8. The van der Waals surface area contributed by atoms with Gasteiger partial charge in [0, 0.05) is 30.9 Å². The summed E-state index contributed by atoms with van der Waals surface area (Å²) in [5, 5.41) is 0. The lowest BCUT2D eigenvalue weighted by molar-refractivity contribution is -0.671. The summed E-state index contributed by atoms with van der Waals surface area (Å²) in [5.41, 5.74) is 3.79. The Balaban J connectivity index is 0.00000264. The van der Waals surface area contributed by atoms with Gasteiger partial charge in [-0.25, -0.2) is 4.57 Å². The zero-order valence-electron chi connectivity index (χ0n) is 14.4. The van der Waals surface area contributed by atoms with Crippen molar-refractivity contribution in [2.24, 2.45) is 7.05 Å². The first-order valence-corrected chi connectivity index (χ1v) is 8.21. The maximum atomic E-state index is 2.46. The first-order valence-electron chi connectivity index (χ1n) is 8.21. The van der Waals surface area contributed by atoms with E-state index in [1.165, 1.54) is 29.7 Å². The van der Waals surface area contributed by atoms with Crippen LogP contribution in [0.15, 0.2) is 48.8 Å². The Morgan fingerprint density at radius 1 is 0.826 bits per heavy atom. The lowest BCUT2D eigenvalue weighted by Crippen LogP contribution is -3.00. The molecule has 0 saturated carbocycles. The fourth-order valence-corrected chi connectivity index (χ4v) is 2.52. The molecule has 0 atom stereocenters. The number of hydrogen-bond acceptors (Lipinski definition) is 1. The minimum absolute atomic E-state index is 0. The molecule has 2 rings (SSSR count). The van der Waals surface area contributed by atoms with Crippen LogP contribution in [0.1, 0.15) is 37.8 Å². The topological polar surface area (TPSA) is 7.12 Å². The normalized spacial score (nSPS) is 10.6. The van der Waals surface area contributed by atoms with E-state index in [2.05, 4.69) is 79.7 Å². The van der Waals surface area contributed by atoms with E-state index >= 15 is 0 Å². The van der Waals surface area contributed by atoms with Crippen molar-refractivity contribution < 1.29 is 17.0 Å². The number of aryl methyl sites for hydroxylation is 1. The van der Waals surface area contributed by atoms with Crippen LogP contribution in [0.25, 0.3) is 12.2 Å². The summed E-state index contributed by atoms with van der Waals surface area (Å²) in [5.74, 6) is 0. The summed E-state index contributed by atoms with van der Waals surface area (Å²) in [6.45, 7) is 6.73. The molecule has 0 fully saturated rings. The molecule has 0 aliphatic carbocycles. The summed E-state index contributed by atoms with van der Waals surface area (Å²) in [7, 11) is 2.03. The maximum Gasteiger partial charge on any atom is 0.169 e. The van der Waals surface area contributed by atoms with Gasteiger partial charge in [0.1, 0.15) is 7.05 Å². The van der Waals surface area contributed by atoms with Crippen LogP contribution in [0.3, 0.4) is 0 Å². The van der Waals surface area contributed by atoms with Gasteiger partial charge in [0.25, 0.3) is 0 Å². The first kappa shape index (κ1) is 19.2. The molecule has 0 amide bonds. The van der Waals surface area contributed by atoms with Crippen molar-refractivity contribution in [1.82, 2.24) is 0 Å². The Bertz CT molecular complexity index is 582. The Morgan fingerprint density at radius 3 is 1.78 bits per heavy atom. The highest BCUT2D eigenvalue weighted by molar-refractivity contribution is 5.70. The molecule has 0 spiro atoms. The second-order valence-electron chi connectivity index (χ2n) is 5.71. The van der Waals surface area contributed by atoms with E-state index in [-0.39, 0.29) is 12.4 Å². The van der Waals surface area contributed by atoms with Crippen LogP contribution in [0.2, 0.25) is 0 Å². The van der Waals surface area contributed by atoms with Crippen molar-refractivity contribution in [2.45, 2.75) is 26.7 Å². The minimum atomic E-state index is 0. The van der Waals surface area contributed by atoms with Crippen LogP contribution < -0.4 is 21.9 Å². The van der Waals surface area contributed by atoms with E-state index in [1.54, 1.807) is 0 Å². The highest BCUT2D eigenvalue weighted by atomic mass is 35.5. The Morgan fingerprint density at radius 2 is 1.30 bits per heavy atom. The van der Waals surface area contributed by atoms with Crippen molar-refractivity contribution in [3.8, 4) is 0 Å². The van der Waals surface area contributed by atoms with Crippen LogP contribution >= 0.6 is 0 Å². The Labute approximate surface area is 146 Å². The van der Waals surface area contributed by atoms with E-state index in [1.807, 2.05) is 11.6 Å². The number of anilines is 1. The molecule has 23 heavy (non-hydrogen) atoms. The number of nitrogens with zero attached hydrogens (tertiary/aromatic N) is 2. The van der Waals surface area contributed by atoms with Crippen molar-refractivity contribution >= 4 is 17.8 Å². The molecule has 0 radical (unpaired) electrons. The van der Waals surface area contributed by atoms with Crippen molar-refractivity contribution in [2.75, 3.05) is 18.0 Å². The third kappa shape index (κ3) is 6.07. The SMILES string of the molecule is CCCN(CCC)c1ccc(/C=C\c2cc[n+](C)cc2)cc1.[Cl-]. The number of benzene rings is 1. The fourth-order valence-electron chi connectivity index (χ4n) is 2.52. The molecule has 1 aromatic heterocycles. The van der Waals surface area contributed by atoms with Gasteiger partial charge in [0.2, 0.25) is 0 Å². The summed E-state index contributed by atoms with van der Waals surface area (Å²) in [6, 6.07) is 13.1. The van der Waals surface area contributed by atoms with E-state index in [0.29, 0.717) is 0 Å². The van der Waals surface area contributed by atoms with Crippen LogP contribution in [0, 0.1) is 0 Å². The monoisotopic (exact) mass is 330 g/mol. The molecule has 1 heterocycles. The quantitative estimate of drug-likeness (QED) is 0.694. The fraction of sp³-hybridized carbons (Fsp3) is 0.350. The summed E-state index contributed by atoms with van der Waals surface area (Å²) in [4.78, 5) is 2.46. The van der Waals surface area contributed by atoms with Gasteiger partial charge in [-0.3, -0.25) is 0 Å². The third-order valence-corrected chi connectivity index (χ3v) is 3.72. The largest absolute Gasteiger partial charge is 1.00 e. The lowest BCUT2D eigenvalue weighted by Gasteiger charge is -2.23. The highest BCUT2D eigenvalue weighted by Crippen LogP contribution is 2.17. The first-order chi connectivity index (χ1) is 10.7. The van der Waals surface area contributed by atoms with Gasteiger partial charge >= 0.3 is 0 Å². The van der Waals surface area contributed by atoms with Gasteiger partial charge in [0.05, 0.1) is 0 Å². The van der Waals surface area contributed by atoms with Crippen molar-refractivity contribution in [3.05, 3.63) is 59.9 Å². The number of halogens is 1. The average Bonchev–Trinajstić information content (AvgIpc) is 2.55. The molecule has 2 nitrogen and oxygen atoms in total. The van der Waals surface area contributed by atoms with Gasteiger partial charge in [-0.1, -0.05) is 38.1 Å². The molecule has 0 unspecified atom stereocenters. The van der Waals surface area contributed by atoms with Crippen LogP contribution in [0.4, 0.5) is 5.69 Å². The smallest absolute Gasteiger partial charge is 0.169 e. The van der Waals surface area contributed by atoms with Crippen molar-refractivity contribution in [1.29, 1.82) is 0 Å². The second kappa shape index (κ2) is 10.1. The molecular formula is C20H27ClN2. The van der Waals surface area contributed by atoms with E-state index in [4.69, 9.17) is 0 Å². The summed E-state index contributed by atoms with van der Waals surface area (Å²) >= 11 is 0. The van der Waals surface area contributed by atoms with E-state index < -0.39 is 0 Å². The van der Waals surface area contributed by atoms with Crippen LogP contribution in [-0.2, 0) is 7.05 Å². The molecule has 1 aromatic carbocycles. The number of aromatic nitrogens is 1. The lowest BCUT2D eigenvalue weighted by atomic mass is 10.1. The standard InChI is InChI=1S/C20H27N2.ClH/c1-4-14-22(15-5-2)20-10-8-18(9-11-20)6-7-19-12-16-21(3)17-13-19;/h6-13,16-17H,4-5,14-15H2,1-3H3;1H/q+1;/p-1. The Hall–Kier alpha value is -1.80. The average molecular weight is 331 g/mol. The minimum Gasteiger partial charge on any atom is -1.00 e. The molecule has 2 aromatic rings. The number of rotatable bonds is 7. The molecule has 0 bridgehead atoms. The molecule has 3 heteroatoms. The maximum absolute atomic E-state index is 2.46. The molecule has 0 N–H and O–H groups in total. The van der Waals surface area contributed by atoms with Gasteiger partial charge in [-0.15, -0.1) is 0 Å². The zero-order valence-corrected chi connectivity index (χ0v) is 15.1. The molecule has 0 aliphatic heterocycles. The van der Waals surface area contributed by atoms with Gasteiger partial charge in [-0.05, 0) is 36.1 Å². The van der Waals surface area contributed by atoms with Crippen LogP contribution in [-0.4, -0.2) is 13.1 Å². The Kier molecular flexibility index (Phi) is 8.42. The van der Waals surface area contributed by atoms with Gasteiger partial charge < -0.3 is 17.3 Å². The van der Waals surface area contributed by atoms with Crippen LogP contribution in [0.5, 0.6) is 0 Å². The highest BCUT2D eigenvalue weighted by Gasteiger charge is 2.03. The van der Waals surface area contributed by atoms with E-state index in [9.17, 15) is 0 Å². The second-order valence-corrected chi connectivity index (χ2v) is 5.71. The molecule has 0 saturated heterocycles. The third-order valence-electron chi connectivity index (χ3n) is 3.72. The molecule has 0 aliphatic rings. The summed E-state index contributed by atoms with van der Waals surface area (Å²) < 4.78 is 2.04. The van der Waals surface area contributed by atoms with Crippen molar-refractivity contribution in [3.63, 3.8) is 0 Å². The van der Waals surface area contributed by atoms with E-state index in [0.717, 1.165) is 13.1 Å². The molecular weight excluding hydrogens is 304 g/mol. The number of hydrogen-bond donors (Lipinski definition) is 0.